The van der Waals surface area contributed by atoms with Crippen molar-refractivity contribution >= 4 is 5.69 Å². The van der Waals surface area contributed by atoms with Crippen LogP contribution in [0.5, 0.6) is 0 Å². The number of hydrogen-bond acceptors (Lipinski definition) is 3. The fourth-order valence-electron chi connectivity index (χ4n) is 2.65. The quantitative estimate of drug-likeness (QED) is 0.784. The molecule has 0 bridgehead atoms. The molecular formula is C17H29N3. The summed E-state index contributed by atoms with van der Waals surface area (Å²) < 4.78 is 0. The summed E-state index contributed by atoms with van der Waals surface area (Å²) in [6, 6.07) is 4.39. The molecule has 1 aliphatic rings. The third-order valence-corrected chi connectivity index (χ3v) is 4.11. The summed E-state index contributed by atoms with van der Waals surface area (Å²) in [4.78, 5) is 9.64. The molecule has 1 aromatic rings. The number of nitrogens with zero attached hydrogens (tertiary/aromatic N) is 3. The van der Waals surface area contributed by atoms with Crippen molar-refractivity contribution in [3.05, 3.63) is 24.0 Å². The lowest BCUT2D eigenvalue weighted by atomic mass is 9.92. The maximum absolute atomic E-state index is 4.64. The Kier molecular flexibility index (Phi) is 4.10. The summed E-state index contributed by atoms with van der Waals surface area (Å²) in [5.74, 6) is 0. The van der Waals surface area contributed by atoms with Gasteiger partial charge < -0.3 is 4.90 Å². The van der Waals surface area contributed by atoms with E-state index in [0.717, 1.165) is 31.9 Å². The third-order valence-electron chi connectivity index (χ3n) is 4.11. The molecule has 2 heterocycles. The normalized spacial score (nSPS) is 18.4. The van der Waals surface area contributed by atoms with Gasteiger partial charge in [0.05, 0.1) is 11.9 Å². The molecule has 3 heteroatoms. The Balaban J connectivity index is 2.01. The first-order valence-corrected chi connectivity index (χ1v) is 7.64. The van der Waals surface area contributed by atoms with Crippen molar-refractivity contribution in [3.63, 3.8) is 0 Å². The SMILES string of the molecule is CC(C)(C)c1ccc(N2CCN(C(C)(C)C)CC2)cn1. The molecule has 0 radical (unpaired) electrons. The highest BCUT2D eigenvalue weighted by molar-refractivity contribution is 5.45. The first kappa shape index (κ1) is 15.3. The minimum absolute atomic E-state index is 0.128. The zero-order chi connectivity index (χ0) is 15.0. The Morgan fingerprint density at radius 1 is 0.900 bits per heavy atom. The van der Waals surface area contributed by atoms with Crippen LogP contribution < -0.4 is 4.90 Å². The highest BCUT2D eigenvalue weighted by Crippen LogP contribution is 2.24. The van der Waals surface area contributed by atoms with Crippen LogP contribution in [0.3, 0.4) is 0 Å². The van der Waals surface area contributed by atoms with Crippen LogP contribution >= 0.6 is 0 Å². The number of anilines is 1. The lowest BCUT2D eigenvalue weighted by molar-refractivity contribution is 0.128. The molecule has 1 fully saturated rings. The number of hydrogen-bond donors (Lipinski definition) is 0. The molecule has 0 atom stereocenters. The zero-order valence-electron chi connectivity index (χ0n) is 13.9. The molecule has 1 saturated heterocycles. The van der Waals surface area contributed by atoms with E-state index in [1.54, 1.807) is 0 Å². The average molecular weight is 275 g/mol. The number of piperazine rings is 1. The van der Waals surface area contributed by atoms with Gasteiger partial charge in [-0.3, -0.25) is 9.88 Å². The van der Waals surface area contributed by atoms with E-state index in [1.165, 1.54) is 5.69 Å². The molecule has 0 spiro atoms. The van der Waals surface area contributed by atoms with E-state index in [2.05, 4.69) is 68.5 Å². The van der Waals surface area contributed by atoms with Crippen LogP contribution in [0.15, 0.2) is 18.3 Å². The second-order valence-corrected chi connectivity index (χ2v) is 7.80. The molecular weight excluding hydrogens is 246 g/mol. The van der Waals surface area contributed by atoms with Crippen molar-refractivity contribution in [1.29, 1.82) is 0 Å². The highest BCUT2D eigenvalue weighted by Gasteiger charge is 2.26. The summed E-state index contributed by atoms with van der Waals surface area (Å²) in [5.41, 5.74) is 2.82. The van der Waals surface area contributed by atoms with Crippen LogP contribution in [0.1, 0.15) is 47.2 Å². The van der Waals surface area contributed by atoms with Gasteiger partial charge >= 0.3 is 0 Å². The van der Waals surface area contributed by atoms with E-state index in [9.17, 15) is 0 Å². The smallest absolute Gasteiger partial charge is 0.0553 e. The van der Waals surface area contributed by atoms with Gasteiger partial charge in [0.1, 0.15) is 0 Å². The monoisotopic (exact) mass is 275 g/mol. The second kappa shape index (κ2) is 5.36. The molecule has 2 rings (SSSR count). The average Bonchev–Trinajstić information content (AvgIpc) is 2.37. The molecule has 0 amide bonds. The molecule has 0 N–H and O–H groups in total. The molecule has 0 unspecified atom stereocenters. The van der Waals surface area contributed by atoms with E-state index in [-0.39, 0.29) is 11.0 Å². The molecule has 1 aliphatic heterocycles. The Morgan fingerprint density at radius 3 is 1.90 bits per heavy atom. The van der Waals surface area contributed by atoms with Crippen LogP contribution in [-0.4, -0.2) is 41.6 Å². The molecule has 0 aromatic carbocycles. The van der Waals surface area contributed by atoms with Crippen molar-refractivity contribution in [1.82, 2.24) is 9.88 Å². The van der Waals surface area contributed by atoms with E-state index >= 15 is 0 Å². The van der Waals surface area contributed by atoms with Gasteiger partial charge in [0.2, 0.25) is 0 Å². The Bertz CT molecular complexity index is 429. The number of rotatable bonds is 1. The Morgan fingerprint density at radius 2 is 1.50 bits per heavy atom. The molecule has 1 aromatic heterocycles. The van der Waals surface area contributed by atoms with Gasteiger partial charge in [-0.05, 0) is 32.9 Å². The fourth-order valence-corrected chi connectivity index (χ4v) is 2.65. The number of pyridine rings is 1. The Hall–Kier alpha value is -1.09. The fraction of sp³-hybridized carbons (Fsp3) is 0.706. The third kappa shape index (κ3) is 3.51. The van der Waals surface area contributed by atoms with Gasteiger partial charge in [0.25, 0.3) is 0 Å². The lowest BCUT2D eigenvalue weighted by Crippen LogP contribution is -2.53. The van der Waals surface area contributed by atoms with E-state index in [1.807, 2.05) is 6.20 Å². The van der Waals surface area contributed by atoms with Gasteiger partial charge in [-0.1, -0.05) is 20.8 Å². The highest BCUT2D eigenvalue weighted by atomic mass is 15.3. The molecule has 20 heavy (non-hydrogen) atoms. The van der Waals surface area contributed by atoms with Crippen molar-refractivity contribution < 1.29 is 0 Å². The minimum atomic E-state index is 0.128. The van der Waals surface area contributed by atoms with Crippen molar-refractivity contribution in [2.75, 3.05) is 31.1 Å². The summed E-state index contributed by atoms with van der Waals surface area (Å²) >= 11 is 0. The first-order chi connectivity index (χ1) is 9.18. The van der Waals surface area contributed by atoms with E-state index in [0.29, 0.717) is 0 Å². The van der Waals surface area contributed by atoms with Crippen LogP contribution in [0.2, 0.25) is 0 Å². The predicted octanol–water partition coefficient (Wildman–Crippen LogP) is 3.30. The standard InChI is InChI=1S/C17H29N3/c1-16(2,3)15-8-7-14(13-18-15)19-9-11-20(12-10-19)17(4,5)6/h7-8,13H,9-12H2,1-6H3. The van der Waals surface area contributed by atoms with E-state index < -0.39 is 0 Å². The van der Waals surface area contributed by atoms with Crippen molar-refractivity contribution in [3.8, 4) is 0 Å². The Labute approximate surface area is 124 Å². The maximum Gasteiger partial charge on any atom is 0.0553 e. The van der Waals surface area contributed by atoms with Gasteiger partial charge in [-0.2, -0.15) is 0 Å². The topological polar surface area (TPSA) is 19.4 Å². The van der Waals surface area contributed by atoms with Crippen LogP contribution in [0, 0.1) is 0 Å². The second-order valence-electron chi connectivity index (χ2n) is 7.80. The van der Waals surface area contributed by atoms with Crippen LogP contribution in [0.25, 0.3) is 0 Å². The number of aromatic nitrogens is 1. The molecule has 112 valence electrons. The summed E-state index contributed by atoms with van der Waals surface area (Å²) in [7, 11) is 0. The van der Waals surface area contributed by atoms with E-state index in [4.69, 9.17) is 0 Å². The van der Waals surface area contributed by atoms with Crippen molar-refractivity contribution in [2.24, 2.45) is 0 Å². The molecule has 0 aliphatic carbocycles. The summed E-state index contributed by atoms with van der Waals surface area (Å²) in [6.45, 7) is 17.9. The summed E-state index contributed by atoms with van der Waals surface area (Å²) in [5, 5.41) is 0. The van der Waals surface area contributed by atoms with Crippen molar-refractivity contribution in [2.45, 2.75) is 52.5 Å². The lowest BCUT2D eigenvalue weighted by Gasteiger charge is -2.43. The van der Waals surface area contributed by atoms with Gasteiger partial charge in [0.15, 0.2) is 0 Å². The molecule has 3 nitrogen and oxygen atoms in total. The van der Waals surface area contributed by atoms with Gasteiger partial charge in [0, 0.05) is 42.8 Å². The largest absolute Gasteiger partial charge is 0.368 e. The van der Waals surface area contributed by atoms with Crippen LogP contribution in [-0.2, 0) is 5.41 Å². The van der Waals surface area contributed by atoms with Gasteiger partial charge in [-0.25, -0.2) is 0 Å². The van der Waals surface area contributed by atoms with Gasteiger partial charge in [-0.15, -0.1) is 0 Å². The predicted molar refractivity (Wildman–Crippen MR) is 86.5 cm³/mol. The van der Waals surface area contributed by atoms with Crippen LogP contribution in [0.4, 0.5) is 5.69 Å². The summed E-state index contributed by atoms with van der Waals surface area (Å²) in [6.07, 6.45) is 2.04. The maximum atomic E-state index is 4.64. The molecule has 0 saturated carbocycles. The minimum Gasteiger partial charge on any atom is -0.368 e. The first-order valence-electron chi connectivity index (χ1n) is 7.64. The zero-order valence-corrected chi connectivity index (χ0v) is 13.9.